The third-order valence-electron chi connectivity index (χ3n) is 2.57. The highest BCUT2D eigenvalue weighted by atomic mass is 16.3. The molecule has 2 amide bonds. The van der Waals surface area contributed by atoms with E-state index in [1.807, 2.05) is 0 Å². The maximum atomic E-state index is 11.5. The van der Waals surface area contributed by atoms with E-state index in [4.69, 9.17) is 5.11 Å². The molecule has 0 spiro atoms. The van der Waals surface area contributed by atoms with Gasteiger partial charge in [-0.05, 0) is 18.1 Å². The topological polar surface area (TPSA) is 91.3 Å². The predicted octanol–water partition coefficient (Wildman–Crippen LogP) is -0.209. The average Bonchev–Trinajstić information content (AvgIpc) is 2.34. The number of carbonyl (C=O) groups excluding carboxylic acids is 2. The summed E-state index contributed by atoms with van der Waals surface area (Å²) in [6.45, 7) is -0.0638. The number of nitrogens with one attached hydrogen (secondary N) is 2. The largest absolute Gasteiger partial charge is 0.392 e. The zero-order valence-corrected chi connectivity index (χ0v) is 9.14. The van der Waals surface area contributed by atoms with Crippen molar-refractivity contribution in [3.63, 3.8) is 0 Å². The normalized spacial score (nSPS) is 19.9. The van der Waals surface area contributed by atoms with E-state index < -0.39 is 6.04 Å². The molecular formula is C11H13N3O3. The van der Waals surface area contributed by atoms with Gasteiger partial charge in [0.1, 0.15) is 11.9 Å². The minimum Gasteiger partial charge on any atom is -0.392 e. The number of aliphatic hydroxyl groups is 1. The molecule has 0 bridgehead atoms. The molecule has 1 unspecified atom stereocenters. The standard InChI is InChI=1S/C11H13N3O3/c15-6-7-1-3-9(12-5-7)13-8-2-4-10(16)14-11(8)17/h1,3,5,8,15H,2,4,6H2,(H,12,13)(H,14,16,17). The zero-order chi connectivity index (χ0) is 12.3. The summed E-state index contributed by atoms with van der Waals surface area (Å²) in [5.74, 6) is -0.0115. The van der Waals surface area contributed by atoms with Gasteiger partial charge in [-0.15, -0.1) is 0 Å². The molecule has 0 aliphatic carbocycles. The van der Waals surface area contributed by atoms with E-state index in [1.54, 1.807) is 12.1 Å². The Morgan fingerprint density at radius 1 is 1.47 bits per heavy atom. The second-order valence-corrected chi connectivity index (χ2v) is 3.86. The van der Waals surface area contributed by atoms with Crippen LogP contribution in [0.3, 0.4) is 0 Å². The van der Waals surface area contributed by atoms with Crippen molar-refractivity contribution in [3.8, 4) is 0 Å². The van der Waals surface area contributed by atoms with E-state index in [1.165, 1.54) is 6.20 Å². The number of aliphatic hydroxyl groups excluding tert-OH is 1. The molecule has 0 radical (unpaired) electrons. The number of anilines is 1. The number of imide groups is 1. The fourth-order valence-electron chi connectivity index (χ4n) is 1.61. The summed E-state index contributed by atoms with van der Waals surface area (Å²) in [6.07, 6.45) is 2.33. The molecule has 17 heavy (non-hydrogen) atoms. The lowest BCUT2D eigenvalue weighted by Crippen LogP contribution is -2.47. The molecule has 0 aromatic carbocycles. The van der Waals surface area contributed by atoms with Crippen LogP contribution in [0.2, 0.25) is 0 Å². The maximum absolute atomic E-state index is 11.5. The number of rotatable bonds is 3. The van der Waals surface area contributed by atoms with Crippen molar-refractivity contribution in [2.75, 3.05) is 5.32 Å². The predicted molar refractivity (Wildman–Crippen MR) is 60.0 cm³/mol. The molecule has 1 aromatic rings. The molecule has 1 atom stereocenters. The number of amides is 2. The van der Waals surface area contributed by atoms with Gasteiger partial charge in [0.15, 0.2) is 0 Å². The molecule has 6 nitrogen and oxygen atoms in total. The minimum absolute atomic E-state index is 0.0638. The molecule has 6 heteroatoms. The fourth-order valence-corrected chi connectivity index (χ4v) is 1.61. The number of nitrogens with zero attached hydrogens (tertiary/aromatic N) is 1. The summed E-state index contributed by atoms with van der Waals surface area (Å²) < 4.78 is 0. The van der Waals surface area contributed by atoms with Crippen molar-refractivity contribution in [3.05, 3.63) is 23.9 Å². The Balaban J connectivity index is 2.00. The van der Waals surface area contributed by atoms with Crippen LogP contribution in [0.15, 0.2) is 18.3 Å². The minimum atomic E-state index is -0.430. The van der Waals surface area contributed by atoms with Gasteiger partial charge >= 0.3 is 0 Å². The second-order valence-electron chi connectivity index (χ2n) is 3.86. The Morgan fingerprint density at radius 2 is 2.29 bits per heavy atom. The number of hydrogen-bond acceptors (Lipinski definition) is 5. The number of pyridine rings is 1. The maximum Gasteiger partial charge on any atom is 0.249 e. The SMILES string of the molecule is O=C1CCC(Nc2ccc(CO)cn2)C(=O)N1. The molecule has 2 heterocycles. The van der Waals surface area contributed by atoms with Crippen molar-refractivity contribution in [1.29, 1.82) is 0 Å². The van der Waals surface area contributed by atoms with Crippen molar-refractivity contribution >= 4 is 17.6 Å². The third-order valence-corrected chi connectivity index (χ3v) is 2.57. The third kappa shape index (κ3) is 2.79. The van der Waals surface area contributed by atoms with Crippen LogP contribution in [-0.2, 0) is 16.2 Å². The van der Waals surface area contributed by atoms with Crippen molar-refractivity contribution in [2.24, 2.45) is 0 Å². The Hall–Kier alpha value is -1.95. The monoisotopic (exact) mass is 235 g/mol. The van der Waals surface area contributed by atoms with Gasteiger partial charge in [-0.25, -0.2) is 4.98 Å². The summed E-state index contributed by atoms with van der Waals surface area (Å²) in [5, 5.41) is 14.1. The van der Waals surface area contributed by atoms with Gasteiger partial charge in [0.2, 0.25) is 11.8 Å². The van der Waals surface area contributed by atoms with E-state index >= 15 is 0 Å². The van der Waals surface area contributed by atoms with E-state index in [0.717, 1.165) is 0 Å². The summed E-state index contributed by atoms with van der Waals surface area (Å²) in [6, 6.07) is 2.98. The number of carbonyl (C=O) groups is 2. The Labute approximate surface area is 98.1 Å². The molecule has 1 aliphatic heterocycles. The van der Waals surface area contributed by atoms with Crippen LogP contribution in [0.5, 0.6) is 0 Å². The molecule has 1 aliphatic rings. The molecule has 2 rings (SSSR count). The van der Waals surface area contributed by atoms with Crippen LogP contribution in [0, 0.1) is 0 Å². The van der Waals surface area contributed by atoms with Crippen LogP contribution in [-0.4, -0.2) is 27.9 Å². The Morgan fingerprint density at radius 3 is 2.88 bits per heavy atom. The molecule has 1 aromatic heterocycles. The number of piperidine rings is 1. The van der Waals surface area contributed by atoms with E-state index in [-0.39, 0.29) is 18.4 Å². The van der Waals surface area contributed by atoms with E-state index in [0.29, 0.717) is 24.2 Å². The summed E-state index contributed by atoms with van der Waals surface area (Å²) in [4.78, 5) is 26.5. The molecule has 1 fully saturated rings. The Kier molecular flexibility index (Phi) is 3.34. The van der Waals surface area contributed by atoms with E-state index in [2.05, 4.69) is 15.6 Å². The van der Waals surface area contributed by atoms with Crippen LogP contribution >= 0.6 is 0 Å². The Bertz CT molecular complexity index is 430. The second kappa shape index (κ2) is 4.92. The van der Waals surface area contributed by atoms with Gasteiger partial charge in [0.05, 0.1) is 6.61 Å². The first-order valence-electron chi connectivity index (χ1n) is 5.35. The van der Waals surface area contributed by atoms with Crippen molar-refractivity contribution in [1.82, 2.24) is 10.3 Å². The van der Waals surface area contributed by atoms with Gasteiger partial charge in [-0.2, -0.15) is 0 Å². The highest BCUT2D eigenvalue weighted by molar-refractivity contribution is 6.01. The van der Waals surface area contributed by atoms with Crippen LogP contribution < -0.4 is 10.6 Å². The molecular weight excluding hydrogens is 222 g/mol. The van der Waals surface area contributed by atoms with Crippen LogP contribution in [0.4, 0.5) is 5.82 Å². The lowest BCUT2D eigenvalue weighted by molar-refractivity contribution is -0.133. The lowest BCUT2D eigenvalue weighted by atomic mass is 10.1. The van der Waals surface area contributed by atoms with Gasteiger partial charge < -0.3 is 10.4 Å². The molecule has 0 saturated carbocycles. The first-order chi connectivity index (χ1) is 8.19. The van der Waals surface area contributed by atoms with Gasteiger partial charge in [-0.1, -0.05) is 6.07 Å². The average molecular weight is 235 g/mol. The highest BCUT2D eigenvalue weighted by Crippen LogP contribution is 2.12. The van der Waals surface area contributed by atoms with Gasteiger partial charge in [-0.3, -0.25) is 14.9 Å². The van der Waals surface area contributed by atoms with Gasteiger partial charge in [0.25, 0.3) is 0 Å². The number of aromatic nitrogens is 1. The molecule has 3 N–H and O–H groups in total. The van der Waals surface area contributed by atoms with Gasteiger partial charge in [0, 0.05) is 12.6 Å². The fraction of sp³-hybridized carbons (Fsp3) is 0.364. The quantitative estimate of drug-likeness (QED) is 0.631. The summed E-state index contributed by atoms with van der Waals surface area (Å²) in [5.41, 5.74) is 0.707. The first kappa shape index (κ1) is 11.5. The van der Waals surface area contributed by atoms with E-state index in [9.17, 15) is 9.59 Å². The zero-order valence-electron chi connectivity index (χ0n) is 9.14. The number of hydrogen-bond donors (Lipinski definition) is 3. The van der Waals surface area contributed by atoms with Crippen molar-refractivity contribution in [2.45, 2.75) is 25.5 Å². The first-order valence-corrected chi connectivity index (χ1v) is 5.35. The van der Waals surface area contributed by atoms with Crippen molar-refractivity contribution < 1.29 is 14.7 Å². The lowest BCUT2D eigenvalue weighted by Gasteiger charge is -2.22. The van der Waals surface area contributed by atoms with Crippen LogP contribution in [0.25, 0.3) is 0 Å². The summed E-state index contributed by atoms with van der Waals surface area (Å²) in [7, 11) is 0. The summed E-state index contributed by atoms with van der Waals surface area (Å²) >= 11 is 0. The highest BCUT2D eigenvalue weighted by Gasteiger charge is 2.26. The smallest absolute Gasteiger partial charge is 0.249 e. The molecule has 1 saturated heterocycles. The molecule has 90 valence electrons. The van der Waals surface area contributed by atoms with Crippen LogP contribution in [0.1, 0.15) is 18.4 Å².